The third-order valence-corrected chi connectivity index (χ3v) is 1.78. The average molecular weight is 169 g/mol. The van der Waals surface area contributed by atoms with Crippen LogP contribution >= 0.6 is 0 Å². The van der Waals surface area contributed by atoms with Gasteiger partial charge in [-0.3, -0.25) is 4.79 Å². The highest BCUT2D eigenvalue weighted by Gasteiger charge is 2.10. The molecule has 0 atom stereocenters. The Morgan fingerprint density at radius 1 is 1.50 bits per heavy atom. The van der Waals surface area contributed by atoms with E-state index in [1.165, 1.54) is 5.57 Å². The van der Waals surface area contributed by atoms with Crippen molar-refractivity contribution in [2.45, 2.75) is 34.1 Å². The Hall–Kier alpha value is -0.790. The van der Waals surface area contributed by atoms with E-state index in [1.54, 1.807) is 6.92 Å². The summed E-state index contributed by atoms with van der Waals surface area (Å²) < 4.78 is 0. The van der Waals surface area contributed by atoms with Crippen molar-refractivity contribution in [2.24, 2.45) is 0 Å². The molecule has 0 fully saturated rings. The quantitative estimate of drug-likeness (QED) is 0.509. The summed E-state index contributed by atoms with van der Waals surface area (Å²) in [7, 11) is 0. The fourth-order valence-electron chi connectivity index (χ4n) is 1.18. The lowest BCUT2D eigenvalue weighted by Gasteiger charge is -2.24. The number of nitrogens with zero attached hydrogens (tertiary/aromatic N) is 1. The molecule has 0 aliphatic carbocycles. The lowest BCUT2D eigenvalue weighted by Crippen LogP contribution is -2.33. The summed E-state index contributed by atoms with van der Waals surface area (Å²) in [5, 5.41) is 0. The van der Waals surface area contributed by atoms with Crippen LogP contribution in [0.3, 0.4) is 0 Å². The van der Waals surface area contributed by atoms with Crippen molar-refractivity contribution in [3.63, 3.8) is 0 Å². The summed E-state index contributed by atoms with van der Waals surface area (Å²) >= 11 is 0. The van der Waals surface area contributed by atoms with Crippen LogP contribution < -0.4 is 0 Å². The molecule has 12 heavy (non-hydrogen) atoms. The second-order valence-corrected chi connectivity index (χ2v) is 2.78. The number of carbonyl (C=O) groups is 1. The van der Waals surface area contributed by atoms with Gasteiger partial charge in [0.05, 0.1) is 0 Å². The molecule has 1 aliphatic rings. The zero-order valence-corrected chi connectivity index (χ0v) is 8.55. The molecule has 0 aromatic carbocycles. The molecular formula is C10H19NO. The van der Waals surface area contributed by atoms with E-state index in [-0.39, 0.29) is 5.91 Å². The molecular weight excluding hydrogens is 150 g/mol. The summed E-state index contributed by atoms with van der Waals surface area (Å²) in [6.07, 6.45) is 3.21. The topological polar surface area (TPSA) is 20.3 Å². The summed E-state index contributed by atoms with van der Waals surface area (Å²) in [5.41, 5.74) is 1.31. The third kappa shape index (κ3) is 3.56. The van der Waals surface area contributed by atoms with Gasteiger partial charge in [0, 0.05) is 20.0 Å². The van der Waals surface area contributed by atoms with Gasteiger partial charge in [-0.25, -0.2) is 0 Å². The van der Waals surface area contributed by atoms with Crippen molar-refractivity contribution in [2.75, 3.05) is 13.1 Å². The molecule has 1 rings (SSSR count). The van der Waals surface area contributed by atoms with Gasteiger partial charge in [0.2, 0.25) is 5.91 Å². The van der Waals surface area contributed by atoms with Crippen LogP contribution in [-0.4, -0.2) is 23.9 Å². The standard InChI is InChI=1S/C8H13NO.C2H6/c1-7-4-3-5-9(6-7)8(2)10;1-2/h4H,3,5-6H2,1-2H3;1-2H3. The Balaban J connectivity index is 0.000000561. The molecule has 1 amide bonds. The number of hydrogen-bond donors (Lipinski definition) is 0. The summed E-state index contributed by atoms with van der Waals surface area (Å²) in [5.74, 6) is 0.187. The lowest BCUT2D eigenvalue weighted by atomic mass is 10.1. The van der Waals surface area contributed by atoms with Crippen LogP contribution in [0.15, 0.2) is 11.6 Å². The lowest BCUT2D eigenvalue weighted by molar-refractivity contribution is -0.128. The minimum Gasteiger partial charge on any atom is -0.339 e. The van der Waals surface area contributed by atoms with Crippen LogP contribution in [0.1, 0.15) is 34.1 Å². The van der Waals surface area contributed by atoms with E-state index in [0.717, 1.165) is 19.5 Å². The van der Waals surface area contributed by atoms with Gasteiger partial charge in [-0.15, -0.1) is 0 Å². The van der Waals surface area contributed by atoms with E-state index in [0.29, 0.717) is 0 Å². The van der Waals surface area contributed by atoms with Gasteiger partial charge in [-0.05, 0) is 13.3 Å². The minimum absolute atomic E-state index is 0.187. The predicted molar refractivity (Wildman–Crippen MR) is 52.0 cm³/mol. The number of amides is 1. The fraction of sp³-hybridized carbons (Fsp3) is 0.700. The van der Waals surface area contributed by atoms with Gasteiger partial charge in [-0.1, -0.05) is 25.5 Å². The minimum atomic E-state index is 0.187. The highest BCUT2D eigenvalue weighted by molar-refractivity contribution is 5.73. The molecule has 2 nitrogen and oxygen atoms in total. The average Bonchev–Trinajstić information content (AvgIpc) is 2.08. The Morgan fingerprint density at radius 2 is 2.08 bits per heavy atom. The highest BCUT2D eigenvalue weighted by Crippen LogP contribution is 2.07. The Bertz CT molecular complexity index is 173. The van der Waals surface area contributed by atoms with Gasteiger partial charge in [0.25, 0.3) is 0 Å². The first-order valence-corrected chi connectivity index (χ1v) is 4.61. The summed E-state index contributed by atoms with van der Waals surface area (Å²) in [6, 6.07) is 0. The molecule has 0 aromatic heterocycles. The van der Waals surface area contributed by atoms with Crippen molar-refractivity contribution in [3.05, 3.63) is 11.6 Å². The fourth-order valence-corrected chi connectivity index (χ4v) is 1.18. The zero-order valence-electron chi connectivity index (χ0n) is 8.55. The SMILES string of the molecule is CC.CC(=O)N1CCC=C(C)C1. The van der Waals surface area contributed by atoms with Gasteiger partial charge in [0.1, 0.15) is 0 Å². The molecule has 0 N–H and O–H groups in total. The molecule has 0 saturated heterocycles. The molecule has 1 aliphatic heterocycles. The maximum atomic E-state index is 10.8. The number of carbonyl (C=O) groups excluding carboxylic acids is 1. The van der Waals surface area contributed by atoms with Crippen molar-refractivity contribution in [3.8, 4) is 0 Å². The molecule has 0 spiro atoms. The smallest absolute Gasteiger partial charge is 0.219 e. The van der Waals surface area contributed by atoms with Crippen molar-refractivity contribution < 1.29 is 4.79 Å². The highest BCUT2D eigenvalue weighted by atomic mass is 16.2. The normalized spacial score (nSPS) is 16.0. The van der Waals surface area contributed by atoms with E-state index < -0.39 is 0 Å². The molecule has 1 heterocycles. The molecule has 2 heteroatoms. The van der Waals surface area contributed by atoms with E-state index in [4.69, 9.17) is 0 Å². The van der Waals surface area contributed by atoms with Crippen LogP contribution in [0.2, 0.25) is 0 Å². The number of hydrogen-bond acceptors (Lipinski definition) is 1. The maximum Gasteiger partial charge on any atom is 0.219 e. The monoisotopic (exact) mass is 169 g/mol. The van der Waals surface area contributed by atoms with Gasteiger partial charge in [-0.2, -0.15) is 0 Å². The van der Waals surface area contributed by atoms with Crippen LogP contribution in [0.25, 0.3) is 0 Å². The Labute approximate surface area is 75.3 Å². The summed E-state index contributed by atoms with van der Waals surface area (Å²) in [6.45, 7) is 9.41. The first kappa shape index (κ1) is 11.2. The van der Waals surface area contributed by atoms with Crippen LogP contribution in [0.4, 0.5) is 0 Å². The molecule has 0 unspecified atom stereocenters. The van der Waals surface area contributed by atoms with Crippen LogP contribution in [-0.2, 0) is 4.79 Å². The Morgan fingerprint density at radius 3 is 2.42 bits per heavy atom. The predicted octanol–water partition coefficient (Wildman–Crippen LogP) is 2.21. The zero-order chi connectivity index (χ0) is 9.56. The molecule has 70 valence electrons. The van der Waals surface area contributed by atoms with Crippen molar-refractivity contribution >= 4 is 5.91 Å². The van der Waals surface area contributed by atoms with Gasteiger partial charge >= 0.3 is 0 Å². The van der Waals surface area contributed by atoms with Crippen molar-refractivity contribution in [1.29, 1.82) is 0 Å². The molecule has 0 radical (unpaired) electrons. The second-order valence-electron chi connectivity index (χ2n) is 2.78. The van der Waals surface area contributed by atoms with E-state index >= 15 is 0 Å². The van der Waals surface area contributed by atoms with Gasteiger partial charge in [0.15, 0.2) is 0 Å². The third-order valence-electron chi connectivity index (χ3n) is 1.78. The second kappa shape index (κ2) is 5.81. The molecule has 0 saturated carbocycles. The van der Waals surface area contributed by atoms with Crippen LogP contribution in [0.5, 0.6) is 0 Å². The first-order valence-electron chi connectivity index (χ1n) is 4.61. The van der Waals surface area contributed by atoms with Crippen molar-refractivity contribution in [1.82, 2.24) is 4.90 Å². The largest absolute Gasteiger partial charge is 0.339 e. The van der Waals surface area contributed by atoms with E-state index in [2.05, 4.69) is 13.0 Å². The van der Waals surface area contributed by atoms with Crippen LogP contribution in [0, 0.1) is 0 Å². The molecule has 0 aromatic rings. The van der Waals surface area contributed by atoms with E-state index in [9.17, 15) is 4.79 Å². The summed E-state index contributed by atoms with van der Waals surface area (Å²) in [4.78, 5) is 12.7. The van der Waals surface area contributed by atoms with E-state index in [1.807, 2.05) is 18.7 Å². The first-order chi connectivity index (χ1) is 5.70. The van der Waals surface area contributed by atoms with Gasteiger partial charge < -0.3 is 4.90 Å². The Kier molecular flexibility index (Phi) is 5.43. The maximum absolute atomic E-state index is 10.8. The number of rotatable bonds is 0. The molecule has 0 bridgehead atoms.